The zero-order chi connectivity index (χ0) is 19.7. The van der Waals surface area contributed by atoms with Gasteiger partial charge < -0.3 is 10.2 Å². The van der Waals surface area contributed by atoms with Gasteiger partial charge in [0.1, 0.15) is 12.2 Å². The van der Waals surface area contributed by atoms with Crippen molar-refractivity contribution in [1.82, 2.24) is 29.9 Å². The van der Waals surface area contributed by atoms with Gasteiger partial charge >= 0.3 is 12.2 Å². The molecule has 11 heteroatoms. The van der Waals surface area contributed by atoms with Crippen LogP contribution in [-0.4, -0.2) is 49.0 Å². The molecule has 1 saturated heterocycles. The molecule has 1 fully saturated rings. The predicted molar refractivity (Wildman–Crippen MR) is 92.9 cm³/mol. The molecule has 2 amide bonds. The van der Waals surface area contributed by atoms with Gasteiger partial charge in [0.25, 0.3) is 0 Å². The maximum Gasteiger partial charge on any atom is 0.419 e. The number of alkyl halides is 3. The first-order chi connectivity index (χ1) is 13.4. The van der Waals surface area contributed by atoms with Crippen LogP contribution in [0.15, 0.2) is 43.0 Å². The van der Waals surface area contributed by atoms with Crippen molar-refractivity contribution < 1.29 is 18.0 Å². The number of halogens is 3. The smallest absolute Gasteiger partial charge is 0.324 e. The van der Waals surface area contributed by atoms with Gasteiger partial charge in [0, 0.05) is 30.9 Å². The second-order valence-electron chi connectivity index (χ2n) is 6.45. The van der Waals surface area contributed by atoms with E-state index in [4.69, 9.17) is 0 Å². The third kappa shape index (κ3) is 3.68. The Morgan fingerprint density at radius 3 is 2.89 bits per heavy atom. The molecule has 146 valence electrons. The molecule has 2 N–H and O–H groups in total. The Kier molecular flexibility index (Phi) is 4.49. The standard InChI is InChI=1S/C17H16F3N7O/c18-17(19,20)12-7-23-27(9-12)14-3-1-2-13(6-14)24-16(28)26-5-4-11(8-26)15-21-10-22-25-15/h1-3,6-7,9-11H,4-5,8H2,(H,24,28)(H,21,22,25)/t11-/m1/s1. The Labute approximate surface area is 157 Å². The molecular formula is C17H16F3N7O. The van der Waals surface area contributed by atoms with Crippen LogP contribution in [0.4, 0.5) is 23.7 Å². The van der Waals surface area contributed by atoms with Crippen LogP contribution in [0, 0.1) is 0 Å². The highest BCUT2D eigenvalue weighted by Gasteiger charge is 2.32. The second-order valence-corrected chi connectivity index (χ2v) is 6.45. The van der Waals surface area contributed by atoms with Crippen molar-refractivity contribution in [3.8, 4) is 5.69 Å². The van der Waals surface area contributed by atoms with Gasteiger partial charge in [-0.25, -0.2) is 14.5 Å². The lowest BCUT2D eigenvalue weighted by atomic mass is 10.1. The number of carbonyl (C=O) groups excluding carboxylic acids is 1. The number of aromatic nitrogens is 5. The number of anilines is 1. The van der Waals surface area contributed by atoms with Crippen molar-refractivity contribution in [3.63, 3.8) is 0 Å². The van der Waals surface area contributed by atoms with Crippen molar-refractivity contribution >= 4 is 11.7 Å². The Balaban J connectivity index is 1.44. The van der Waals surface area contributed by atoms with Crippen LogP contribution in [-0.2, 0) is 6.18 Å². The molecule has 1 atom stereocenters. The Bertz CT molecular complexity index is 967. The Morgan fingerprint density at radius 2 is 2.18 bits per heavy atom. The topological polar surface area (TPSA) is 91.7 Å². The van der Waals surface area contributed by atoms with Crippen LogP contribution >= 0.6 is 0 Å². The molecular weight excluding hydrogens is 375 g/mol. The van der Waals surface area contributed by atoms with E-state index in [1.54, 1.807) is 29.2 Å². The summed E-state index contributed by atoms with van der Waals surface area (Å²) in [6.07, 6.45) is -0.582. The summed E-state index contributed by atoms with van der Waals surface area (Å²) in [7, 11) is 0. The average Bonchev–Trinajstić information content (AvgIpc) is 3.41. The number of hydrogen-bond acceptors (Lipinski definition) is 4. The highest BCUT2D eigenvalue weighted by Crippen LogP contribution is 2.29. The highest BCUT2D eigenvalue weighted by molar-refractivity contribution is 5.89. The van der Waals surface area contributed by atoms with Gasteiger partial charge in [-0.15, -0.1) is 0 Å². The van der Waals surface area contributed by atoms with Crippen LogP contribution in [0.1, 0.15) is 23.7 Å². The molecule has 0 bridgehead atoms. The van der Waals surface area contributed by atoms with Crippen molar-refractivity contribution in [1.29, 1.82) is 0 Å². The summed E-state index contributed by atoms with van der Waals surface area (Å²) in [5.41, 5.74) is 0.0430. The van der Waals surface area contributed by atoms with E-state index in [9.17, 15) is 18.0 Å². The van der Waals surface area contributed by atoms with E-state index in [1.165, 1.54) is 6.33 Å². The third-order valence-corrected chi connectivity index (χ3v) is 4.57. The molecule has 3 aromatic rings. The van der Waals surface area contributed by atoms with Crippen molar-refractivity contribution in [2.45, 2.75) is 18.5 Å². The molecule has 4 rings (SSSR count). The van der Waals surface area contributed by atoms with Gasteiger partial charge in [0.2, 0.25) is 0 Å². The third-order valence-electron chi connectivity index (χ3n) is 4.57. The minimum atomic E-state index is -4.46. The summed E-state index contributed by atoms with van der Waals surface area (Å²) >= 11 is 0. The lowest BCUT2D eigenvalue weighted by Crippen LogP contribution is -2.32. The first kappa shape index (κ1) is 18.0. The maximum atomic E-state index is 12.7. The minimum Gasteiger partial charge on any atom is -0.324 e. The molecule has 0 radical (unpaired) electrons. The molecule has 1 aliphatic heterocycles. The van der Waals surface area contributed by atoms with Crippen molar-refractivity contribution in [2.75, 3.05) is 18.4 Å². The van der Waals surface area contributed by atoms with Crippen molar-refractivity contribution in [3.05, 3.63) is 54.4 Å². The van der Waals surface area contributed by atoms with Gasteiger partial charge in [0.15, 0.2) is 0 Å². The van der Waals surface area contributed by atoms with E-state index in [0.717, 1.165) is 29.3 Å². The second kappa shape index (κ2) is 6.98. The first-order valence-electron chi connectivity index (χ1n) is 8.53. The largest absolute Gasteiger partial charge is 0.419 e. The quantitative estimate of drug-likeness (QED) is 0.718. The number of rotatable bonds is 3. The molecule has 1 aromatic carbocycles. The van der Waals surface area contributed by atoms with E-state index >= 15 is 0 Å². The zero-order valence-corrected chi connectivity index (χ0v) is 14.5. The van der Waals surface area contributed by atoms with E-state index < -0.39 is 11.7 Å². The SMILES string of the molecule is O=C(Nc1cccc(-n2cc(C(F)(F)F)cn2)c1)N1CC[C@@H](c2ncn[nH]2)C1. The fraction of sp³-hybridized carbons (Fsp3) is 0.294. The molecule has 0 unspecified atom stereocenters. The minimum absolute atomic E-state index is 0.101. The summed E-state index contributed by atoms with van der Waals surface area (Å²) in [6.45, 7) is 1.08. The molecule has 0 saturated carbocycles. The number of nitrogens with zero attached hydrogens (tertiary/aromatic N) is 5. The van der Waals surface area contributed by atoms with Crippen LogP contribution in [0.3, 0.4) is 0 Å². The number of amides is 2. The van der Waals surface area contributed by atoms with E-state index in [0.29, 0.717) is 24.5 Å². The van der Waals surface area contributed by atoms with Gasteiger partial charge in [0.05, 0.1) is 17.4 Å². The number of H-pyrrole nitrogens is 1. The van der Waals surface area contributed by atoms with Gasteiger partial charge in [-0.05, 0) is 24.6 Å². The normalized spacial score (nSPS) is 17.1. The fourth-order valence-corrected chi connectivity index (χ4v) is 3.12. The Morgan fingerprint density at radius 1 is 1.32 bits per heavy atom. The predicted octanol–water partition coefficient (Wildman–Crippen LogP) is 3.03. The summed E-state index contributed by atoms with van der Waals surface area (Å²) in [4.78, 5) is 18.3. The lowest BCUT2D eigenvalue weighted by molar-refractivity contribution is -0.137. The molecule has 28 heavy (non-hydrogen) atoms. The summed E-state index contributed by atoms with van der Waals surface area (Å²) in [5, 5.41) is 13.2. The number of hydrogen-bond donors (Lipinski definition) is 2. The number of nitrogens with one attached hydrogen (secondary N) is 2. The van der Waals surface area contributed by atoms with Crippen molar-refractivity contribution in [2.24, 2.45) is 0 Å². The molecule has 0 aliphatic carbocycles. The molecule has 1 aliphatic rings. The van der Waals surface area contributed by atoms with Crippen LogP contribution in [0.5, 0.6) is 0 Å². The number of benzene rings is 1. The Hall–Kier alpha value is -3.37. The maximum absolute atomic E-state index is 12.7. The zero-order valence-electron chi connectivity index (χ0n) is 14.5. The summed E-state index contributed by atoms with van der Waals surface area (Å²) in [6, 6.07) is 6.20. The van der Waals surface area contributed by atoms with Crippen LogP contribution in [0.2, 0.25) is 0 Å². The van der Waals surface area contributed by atoms with Gasteiger partial charge in [-0.2, -0.15) is 23.4 Å². The summed E-state index contributed by atoms with van der Waals surface area (Å²) in [5.74, 6) is 0.848. The van der Waals surface area contributed by atoms with Crippen LogP contribution < -0.4 is 5.32 Å². The number of carbonyl (C=O) groups is 1. The van der Waals surface area contributed by atoms with Gasteiger partial charge in [-0.3, -0.25) is 5.10 Å². The fourth-order valence-electron chi connectivity index (χ4n) is 3.12. The van der Waals surface area contributed by atoms with Gasteiger partial charge in [-0.1, -0.05) is 6.07 Å². The van der Waals surface area contributed by atoms with Crippen LogP contribution in [0.25, 0.3) is 5.69 Å². The monoisotopic (exact) mass is 391 g/mol. The van der Waals surface area contributed by atoms with E-state index in [2.05, 4.69) is 25.6 Å². The van der Waals surface area contributed by atoms with E-state index in [1.807, 2.05) is 0 Å². The number of likely N-dealkylation sites (tertiary alicyclic amines) is 1. The molecule has 0 spiro atoms. The highest BCUT2D eigenvalue weighted by atomic mass is 19.4. The number of aromatic amines is 1. The summed E-state index contributed by atoms with van der Waals surface area (Å²) < 4.78 is 39.4. The molecule has 2 aromatic heterocycles. The molecule has 3 heterocycles. The lowest BCUT2D eigenvalue weighted by Gasteiger charge is -2.17. The number of urea groups is 1. The average molecular weight is 391 g/mol. The molecule has 8 nitrogen and oxygen atoms in total. The first-order valence-corrected chi connectivity index (χ1v) is 8.53. The van der Waals surface area contributed by atoms with E-state index in [-0.39, 0.29) is 11.9 Å².